The van der Waals surface area contributed by atoms with Gasteiger partial charge in [-0.3, -0.25) is 10.1 Å². The molecule has 1 aromatic rings. The van der Waals surface area contributed by atoms with Crippen molar-refractivity contribution >= 4 is 21.8 Å². The number of aromatic nitrogens is 1. The van der Waals surface area contributed by atoms with Crippen molar-refractivity contribution < 1.29 is 43.7 Å². The lowest BCUT2D eigenvalue weighted by Gasteiger charge is -2.13. The average molecular weight is 338 g/mol. The highest BCUT2D eigenvalue weighted by Crippen LogP contribution is 2.30. The summed E-state index contributed by atoms with van der Waals surface area (Å²) in [5.41, 5.74) is -5.80. The molecule has 0 radical (unpaired) electrons. The van der Waals surface area contributed by atoms with E-state index in [4.69, 9.17) is 0 Å². The van der Waals surface area contributed by atoms with Gasteiger partial charge in [0, 0.05) is 6.20 Å². The number of halogens is 6. The van der Waals surface area contributed by atoms with E-state index in [-0.39, 0.29) is 0 Å². The van der Waals surface area contributed by atoms with E-state index in [0.29, 0.717) is 6.07 Å². The van der Waals surface area contributed by atoms with E-state index in [2.05, 4.69) is 9.17 Å². The number of pyridine rings is 1. The van der Waals surface area contributed by atoms with Gasteiger partial charge in [0.25, 0.3) is 0 Å². The second kappa shape index (κ2) is 5.38. The molecular weight excluding hydrogens is 334 g/mol. The fourth-order valence-corrected chi connectivity index (χ4v) is 1.36. The van der Waals surface area contributed by atoms with E-state index in [1.807, 2.05) is 0 Å². The molecule has 0 bridgehead atoms. The summed E-state index contributed by atoms with van der Waals surface area (Å²) in [7, 11) is -6.12. The highest BCUT2D eigenvalue weighted by atomic mass is 32.2. The van der Waals surface area contributed by atoms with E-state index < -0.39 is 39.3 Å². The molecule has 1 aromatic heterocycles. The molecule has 0 fully saturated rings. The average Bonchev–Trinajstić information content (AvgIpc) is 2.28. The fraction of sp³-hybridized carbons (Fsp3) is 0.250. The van der Waals surface area contributed by atoms with Gasteiger partial charge in [-0.2, -0.15) is 34.8 Å². The lowest BCUT2D eigenvalue weighted by molar-refractivity contribution is -0.167. The Morgan fingerprint density at radius 1 is 1.19 bits per heavy atom. The lowest BCUT2D eigenvalue weighted by Crippen LogP contribution is -2.31. The van der Waals surface area contributed by atoms with Crippen molar-refractivity contribution in [2.45, 2.75) is 11.7 Å². The Morgan fingerprint density at radius 3 is 2.24 bits per heavy atom. The molecule has 0 spiro atoms. The SMILES string of the molecule is O=C(Nc1ncccc1OS(=O)(=O)C(F)(F)F)C(F)(F)F. The molecule has 0 unspecified atom stereocenters. The Labute approximate surface area is 112 Å². The smallest absolute Gasteiger partial charge is 0.372 e. The molecule has 6 nitrogen and oxygen atoms in total. The molecule has 0 saturated carbocycles. The van der Waals surface area contributed by atoms with Crippen molar-refractivity contribution in [1.82, 2.24) is 4.98 Å². The van der Waals surface area contributed by atoms with Gasteiger partial charge in [-0.1, -0.05) is 0 Å². The molecule has 0 atom stereocenters. The van der Waals surface area contributed by atoms with Crippen LogP contribution in [0.2, 0.25) is 0 Å². The topological polar surface area (TPSA) is 85.4 Å². The minimum absolute atomic E-state index is 0.586. The summed E-state index contributed by atoms with van der Waals surface area (Å²) in [5, 5.41) is 1.09. The zero-order valence-electron chi connectivity index (χ0n) is 9.49. The summed E-state index contributed by atoms with van der Waals surface area (Å²) >= 11 is 0. The molecular formula is C8H4F6N2O4S. The van der Waals surface area contributed by atoms with Crippen LogP contribution in [-0.2, 0) is 14.9 Å². The third-order valence-electron chi connectivity index (χ3n) is 1.74. The zero-order chi connectivity index (χ0) is 16.5. The summed E-state index contributed by atoms with van der Waals surface area (Å²) in [6.45, 7) is 0. The normalized spacial score (nSPS) is 12.9. The van der Waals surface area contributed by atoms with Gasteiger partial charge in [-0.05, 0) is 12.1 Å². The van der Waals surface area contributed by atoms with Crippen LogP contribution >= 0.6 is 0 Å². The summed E-state index contributed by atoms with van der Waals surface area (Å²) in [5.74, 6) is -4.91. The third-order valence-corrected chi connectivity index (χ3v) is 2.71. The number of amides is 1. The first kappa shape index (κ1) is 17.0. The van der Waals surface area contributed by atoms with Crippen LogP contribution in [0.3, 0.4) is 0 Å². The van der Waals surface area contributed by atoms with Crippen LogP contribution in [0.5, 0.6) is 5.75 Å². The van der Waals surface area contributed by atoms with Crippen LogP contribution in [0, 0.1) is 0 Å². The van der Waals surface area contributed by atoms with Gasteiger partial charge in [0.15, 0.2) is 11.6 Å². The van der Waals surface area contributed by atoms with E-state index in [9.17, 15) is 39.6 Å². The van der Waals surface area contributed by atoms with Gasteiger partial charge >= 0.3 is 27.7 Å². The molecule has 118 valence electrons. The number of anilines is 1. The molecule has 0 saturated heterocycles. The van der Waals surface area contributed by atoms with Crippen LogP contribution < -0.4 is 9.50 Å². The standard InChI is InChI=1S/C8H4F6N2O4S/c9-7(10,11)6(17)16-5-4(2-1-3-15-5)20-21(18,19)8(12,13)14/h1-3H,(H,15,16,17). The third kappa shape index (κ3) is 4.21. The van der Waals surface area contributed by atoms with Gasteiger partial charge < -0.3 is 4.18 Å². The first-order valence-electron chi connectivity index (χ1n) is 4.68. The number of nitrogens with one attached hydrogen (secondary N) is 1. The van der Waals surface area contributed by atoms with Crippen LogP contribution in [0.25, 0.3) is 0 Å². The van der Waals surface area contributed by atoms with Crippen molar-refractivity contribution in [2.24, 2.45) is 0 Å². The molecule has 21 heavy (non-hydrogen) atoms. The zero-order valence-corrected chi connectivity index (χ0v) is 10.3. The van der Waals surface area contributed by atoms with Gasteiger partial charge in [0.05, 0.1) is 0 Å². The molecule has 1 heterocycles. The summed E-state index contributed by atoms with van der Waals surface area (Å²) in [4.78, 5) is 13.8. The van der Waals surface area contributed by atoms with Crippen LogP contribution in [0.1, 0.15) is 0 Å². The first-order valence-corrected chi connectivity index (χ1v) is 6.09. The van der Waals surface area contributed by atoms with E-state index in [1.54, 1.807) is 0 Å². The number of hydrogen-bond donors (Lipinski definition) is 1. The molecule has 1 rings (SSSR count). The van der Waals surface area contributed by atoms with Gasteiger partial charge in [-0.25, -0.2) is 4.98 Å². The quantitative estimate of drug-likeness (QED) is 0.516. The monoisotopic (exact) mass is 338 g/mol. The largest absolute Gasteiger partial charge is 0.534 e. The van der Waals surface area contributed by atoms with E-state index in [0.717, 1.165) is 17.6 Å². The fourth-order valence-electron chi connectivity index (χ4n) is 0.896. The highest BCUT2D eigenvalue weighted by Gasteiger charge is 2.49. The Balaban J connectivity index is 3.10. The van der Waals surface area contributed by atoms with Crippen molar-refractivity contribution in [3.8, 4) is 5.75 Å². The Hall–Kier alpha value is -2.05. The molecule has 0 aromatic carbocycles. The predicted octanol–water partition coefficient (Wildman–Crippen LogP) is 1.81. The Bertz CT molecular complexity index is 639. The summed E-state index contributed by atoms with van der Waals surface area (Å²) in [6.07, 6.45) is -4.54. The highest BCUT2D eigenvalue weighted by molar-refractivity contribution is 7.88. The molecule has 1 N–H and O–H groups in total. The maximum Gasteiger partial charge on any atom is 0.534 e. The van der Waals surface area contributed by atoms with Crippen molar-refractivity contribution in [2.75, 3.05) is 5.32 Å². The molecule has 0 aliphatic rings. The van der Waals surface area contributed by atoms with Crippen LogP contribution in [0.15, 0.2) is 18.3 Å². The second-order valence-electron chi connectivity index (χ2n) is 3.29. The maximum atomic E-state index is 12.1. The molecule has 0 aliphatic heterocycles. The molecule has 0 aliphatic carbocycles. The Morgan fingerprint density at radius 2 is 1.76 bits per heavy atom. The van der Waals surface area contributed by atoms with Gasteiger partial charge in [0.1, 0.15) is 0 Å². The van der Waals surface area contributed by atoms with E-state index >= 15 is 0 Å². The second-order valence-corrected chi connectivity index (χ2v) is 4.82. The van der Waals surface area contributed by atoms with E-state index in [1.165, 1.54) is 0 Å². The van der Waals surface area contributed by atoms with Crippen molar-refractivity contribution in [3.63, 3.8) is 0 Å². The van der Waals surface area contributed by atoms with Crippen molar-refractivity contribution in [3.05, 3.63) is 18.3 Å². The Kier molecular flexibility index (Phi) is 4.36. The minimum Gasteiger partial charge on any atom is -0.372 e. The van der Waals surface area contributed by atoms with Crippen LogP contribution in [-0.4, -0.2) is 31.0 Å². The minimum atomic E-state index is -6.12. The number of carbonyl (C=O) groups is 1. The van der Waals surface area contributed by atoms with Gasteiger partial charge in [-0.15, -0.1) is 0 Å². The summed E-state index contributed by atoms with van der Waals surface area (Å²) < 4.78 is 97.5. The number of carbonyl (C=O) groups excluding carboxylic acids is 1. The molecule has 13 heteroatoms. The maximum absolute atomic E-state index is 12.1. The lowest BCUT2D eigenvalue weighted by atomic mass is 10.4. The van der Waals surface area contributed by atoms with Crippen LogP contribution in [0.4, 0.5) is 32.2 Å². The first-order chi connectivity index (χ1) is 9.34. The number of hydrogen-bond acceptors (Lipinski definition) is 5. The molecule has 1 amide bonds. The predicted molar refractivity (Wildman–Crippen MR) is 54.5 cm³/mol. The number of nitrogens with zero attached hydrogens (tertiary/aromatic N) is 1. The number of alkyl halides is 6. The summed E-state index contributed by atoms with van der Waals surface area (Å²) in [6, 6.07) is 1.48. The van der Waals surface area contributed by atoms with Gasteiger partial charge in [0.2, 0.25) is 0 Å². The van der Waals surface area contributed by atoms with Crippen molar-refractivity contribution in [1.29, 1.82) is 0 Å². The number of rotatable bonds is 3.